The summed E-state index contributed by atoms with van der Waals surface area (Å²) in [7, 11) is 0. The van der Waals surface area contributed by atoms with E-state index in [4.69, 9.17) is 10.8 Å². The van der Waals surface area contributed by atoms with Crippen LogP contribution in [0.2, 0.25) is 0 Å². The molecular formula is C10H18N2O2. The molecule has 0 amide bonds. The zero-order valence-electron chi connectivity index (χ0n) is 8.60. The Morgan fingerprint density at radius 2 is 1.93 bits per heavy atom. The second-order valence-corrected chi connectivity index (χ2v) is 3.46. The summed E-state index contributed by atoms with van der Waals surface area (Å²) in [6.45, 7) is 3.89. The number of carboxylic acids is 1. The molecule has 4 nitrogen and oxygen atoms in total. The Bertz CT molecular complexity index is 215. The van der Waals surface area contributed by atoms with E-state index in [2.05, 4.69) is 4.98 Å². The maximum absolute atomic E-state index is 10.1. The first-order chi connectivity index (χ1) is 6.54. The van der Waals surface area contributed by atoms with Gasteiger partial charge in [-0.3, -0.25) is 4.79 Å². The van der Waals surface area contributed by atoms with Gasteiger partial charge in [0.15, 0.2) is 0 Å². The Labute approximate surface area is 84.1 Å². The van der Waals surface area contributed by atoms with Gasteiger partial charge in [0.1, 0.15) is 6.04 Å². The molecule has 0 aliphatic carbocycles. The van der Waals surface area contributed by atoms with Gasteiger partial charge in [-0.25, -0.2) is 0 Å². The van der Waals surface area contributed by atoms with E-state index < -0.39 is 12.0 Å². The third kappa shape index (κ3) is 7.36. The molecule has 0 aromatic carbocycles. The van der Waals surface area contributed by atoms with Gasteiger partial charge in [-0.05, 0) is 24.5 Å². The zero-order valence-corrected chi connectivity index (χ0v) is 8.60. The highest BCUT2D eigenvalue weighted by atomic mass is 16.4. The van der Waals surface area contributed by atoms with Crippen LogP contribution in [0.1, 0.15) is 20.3 Å². The lowest BCUT2D eigenvalue weighted by Crippen LogP contribution is -2.31. The third-order valence-electron chi connectivity index (χ3n) is 1.54. The Kier molecular flexibility index (Phi) is 6.49. The van der Waals surface area contributed by atoms with E-state index in [0.29, 0.717) is 12.3 Å². The second kappa shape index (κ2) is 7.15. The topological polar surface area (TPSA) is 79.1 Å². The maximum atomic E-state index is 10.1. The summed E-state index contributed by atoms with van der Waals surface area (Å²) in [5.41, 5.74) is 5.22. The molecule has 0 saturated heterocycles. The molecular weight excluding hydrogens is 180 g/mol. The summed E-state index contributed by atoms with van der Waals surface area (Å²) >= 11 is 0. The molecule has 0 radical (unpaired) electrons. The lowest BCUT2D eigenvalue weighted by molar-refractivity contribution is -0.138. The molecule has 4 N–H and O–H groups in total. The van der Waals surface area contributed by atoms with Crippen LogP contribution in [-0.2, 0) is 4.79 Å². The van der Waals surface area contributed by atoms with Crippen molar-refractivity contribution in [3.8, 4) is 0 Å². The predicted octanol–water partition coefficient (Wildman–Crippen LogP) is 1.46. The first kappa shape index (κ1) is 12.7. The molecule has 0 spiro atoms. The Morgan fingerprint density at radius 3 is 2.07 bits per heavy atom. The minimum Gasteiger partial charge on any atom is -0.480 e. The first-order valence-corrected chi connectivity index (χ1v) is 4.60. The van der Waals surface area contributed by atoms with Crippen molar-refractivity contribution in [2.45, 2.75) is 26.3 Å². The Balaban J connectivity index is 0.000000280. The van der Waals surface area contributed by atoms with Crippen LogP contribution in [0.15, 0.2) is 24.5 Å². The SMILES string of the molecule is CC(C)C[C@H](N)C(=O)O.c1cc[nH]c1. The van der Waals surface area contributed by atoms with Gasteiger partial charge in [0.05, 0.1) is 0 Å². The van der Waals surface area contributed by atoms with Gasteiger partial charge in [0.2, 0.25) is 0 Å². The molecule has 0 aliphatic rings. The summed E-state index contributed by atoms with van der Waals surface area (Å²) in [6, 6.07) is 3.20. The molecule has 0 unspecified atom stereocenters. The minimum absolute atomic E-state index is 0.357. The first-order valence-electron chi connectivity index (χ1n) is 4.60. The number of carboxylic acid groups (broad SMARTS) is 1. The van der Waals surface area contributed by atoms with E-state index in [-0.39, 0.29) is 0 Å². The average molecular weight is 198 g/mol. The molecule has 1 heterocycles. The number of H-pyrrole nitrogens is 1. The van der Waals surface area contributed by atoms with Gasteiger partial charge < -0.3 is 15.8 Å². The number of nitrogens with one attached hydrogen (secondary N) is 1. The van der Waals surface area contributed by atoms with Gasteiger partial charge in [-0.2, -0.15) is 0 Å². The highest BCUT2D eigenvalue weighted by Gasteiger charge is 2.11. The summed E-state index contributed by atoms with van der Waals surface area (Å²) in [4.78, 5) is 13.0. The summed E-state index contributed by atoms with van der Waals surface area (Å²) in [6.07, 6.45) is 4.30. The summed E-state index contributed by atoms with van der Waals surface area (Å²) in [5, 5.41) is 8.31. The zero-order chi connectivity index (χ0) is 11.0. The molecule has 0 saturated carbocycles. The number of aliphatic carboxylic acids is 1. The number of hydrogen-bond donors (Lipinski definition) is 3. The highest BCUT2D eigenvalue weighted by molar-refractivity contribution is 5.72. The van der Waals surface area contributed by atoms with Gasteiger partial charge in [-0.15, -0.1) is 0 Å². The van der Waals surface area contributed by atoms with Crippen molar-refractivity contribution in [1.82, 2.24) is 4.98 Å². The lowest BCUT2D eigenvalue weighted by Gasteiger charge is -2.07. The van der Waals surface area contributed by atoms with E-state index in [9.17, 15) is 4.79 Å². The largest absolute Gasteiger partial charge is 0.480 e. The number of hydrogen-bond acceptors (Lipinski definition) is 2. The second-order valence-electron chi connectivity index (χ2n) is 3.46. The van der Waals surface area contributed by atoms with Crippen molar-refractivity contribution in [2.75, 3.05) is 0 Å². The van der Waals surface area contributed by atoms with Crippen molar-refractivity contribution in [3.05, 3.63) is 24.5 Å². The molecule has 80 valence electrons. The average Bonchev–Trinajstić information content (AvgIpc) is 2.59. The van der Waals surface area contributed by atoms with E-state index in [1.807, 2.05) is 38.4 Å². The Hall–Kier alpha value is -1.29. The van der Waals surface area contributed by atoms with E-state index >= 15 is 0 Å². The van der Waals surface area contributed by atoms with Gasteiger partial charge in [0.25, 0.3) is 0 Å². The molecule has 4 heteroatoms. The molecule has 1 aromatic heterocycles. The van der Waals surface area contributed by atoms with E-state index in [1.165, 1.54) is 0 Å². The van der Waals surface area contributed by atoms with Crippen LogP contribution in [0.3, 0.4) is 0 Å². The minimum atomic E-state index is -0.913. The predicted molar refractivity (Wildman–Crippen MR) is 55.9 cm³/mol. The van der Waals surface area contributed by atoms with E-state index in [0.717, 1.165) is 0 Å². The van der Waals surface area contributed by atoms with Crippen molar-refractivity contribution in [2.24, 2.45) is 11.7 Å². The number of rotatable bonds is 3. The van der Waals surface area contributed by atoms with Crippen LogP contribution >= 0.6 is 0 Å². The molecule has 0 fully saturated rings. The van der Waals surface area contributed by atoms with Gasteiger partial charge in [0, 0.05) is 12.4 Å². The van der Waals surface area contributed by atoms with Crippen molar-refractivity contribution in [3.63, 3.8) is 0 Å². The molecule has 1 rings (SSSR count). The standard InChI is InChI=1S/C6H13NO2.C4H5N/c1-4(2)3-5(7)6(8)9;1-2-4-5-3-1/h4-5H,3,7H2,1-2H3,(H,8,9);1-5H/t5-;/m0./s1. The van der Waals surface area contributed by atoms with Crippen molar-refractivity contribution in [1.29, 1.82) is 0 Å². The van der Waals surface area contributed by atoms with Crippen LogP contribution in [-0.4, -0.2) is 22.1 Å². The fourth-order valence-corrected chi connectivity index (χ4v) is 0.886. The van der Waals surface area contributed by atoms with Crippen LogP contribution in [0.25, 0.3) is 0 Å². The third-order valence-corrected chi connectivity index (χ3v) is 1.54. The number of aromatic amines is 1. The summed E-state index contributed by atoms with van der Waals surface area (Å²) in [5.74, 6) is -0.556. The van der Waals surface area contributed by atoms with Crippen LogP contribution in [0, 0.1) is 5.92 Å². The molecule has 14 heavy (non-hydrogen) atoms. The fraction of sp³-hybridized carbons (Fsp3) is 0.500. The lowest BCUT2D eigenvalue weighted by atomic mass is 10.1. The Morgan fingerprint density at radius 1 is 1.43 bits per heavy atom. The van der Waals surface area contributed by atoms with Crippen LogP contribution in [0.5, 0.6) is 0 Å². The molecule has 0 bridgehead atoms. The van der Waals surface area contributed by atoms with E-state index in [1.54, 1.807) is 0 Å². The van der Waals surface area contributed by atoms with Gasteiger partial charge >= 0.3 is 5.97 Å². The maximum Gasteiger partial charge on any atom is 0.320 e. The molecule has 1 atom stereocenters. The highest BCUT2D eigenvalue weighted by Crippen LogP contribution is 2.01. The molecule has 0 aliphatic heterocycles. The van der Waals surface area contributed by atoms with Crippen LogP contribution < -0.4 is 5.73 Å². The molecule has 1 aromatic rings. The number of aromatic nitrogens is 1. The normalized spacial score (nSPS) is 11.7. The number of nitrogens with two attached hydrogens (primary N) is 1. The fourth-order valence-electron chi connectivity index (χ4n) is 0.886. The monoisotopic (exact) mass is 198 g/mol. The van der Waals surface area contributed by atoms with Crippen molar-refractivity contribution < 1.29 is 9.90 Å². The van der Waals surface area contributed by atoms with Gasteiger partial charge in [-0.1, -0.05) is 13.8 Å². The van der Waals surface area contributed by atoms with Crippen LogP contribution in [0.4, 0.5) is 0 Å². The quantitative estimate of drug-likeness (QED) is 0.688. The summed E-state index contributed by atoms with van der Waals surface area (Å²) < 4.78 is 0. The smallest absolute Gasteiger partial charge is 0.320 e. The van der Waals surface area contributed by atoms with Crippen molar-refractivity contribution >= 4 is 5.97 Å². The number of carbonyl (C=O) groups is 1.